The van der Waals surface area contributed by atoms with Gasteiger partial charge in [-0.05, 0) is 23.6 Å². The highest BCUT2D eigenvalue weighted by Gasteiger charge is 2.20. The van der Waals surface area contributed by atoms with Gasteiger partial charge in [0, 0.05) is 9.79 Å². The topological polar surface area (TPSA) is 29.1 Å². The maximum Gasteiger partial charge on any atom is 0.266 e. The molecule has 0 atom stereocenters. The minimum Gasteiger partial charge on any atom is -0.320 e. The number of carbonyl (C=O) groups excluding carboxylic acids is 1. The summed E-state index contributed by atoms with van der Waals surface area (Å²) in [5.41, 5.74) is 0.899. The van der Waals surface area contributed by atoms with Gasteiger partial charge in [0.1, 0.15) is 4.88 Å². The lowest BCUT2D eigenvalue weighted by atomic mass is 10.3. The number of anilines is 1. The smallest absolute Gasteiger partial charge is 0.266 e. The lowest BCUT2D eigenvalue weighted by molar-refractivity contribution is 0.102. The van der Waals surface area contributed by atoms with Crippen molar-refractivity contribution in [2.24, 2.45) is 0 Å². The lowest BCUT2D eigenvalue weighted by Gasteiger charge is -2.03. The van der Waals surface area contributed by atoms with Crippen molar-refractivity contribution >= 4 is 34.7 Å². The normalized spacial score (nSPS) is 13.7. The largest absolute Gasteiger partial charge is 0.320 e. The summed E-state index contributed by atoms with van der Waals surface area (Å²) >= 11 is 3.13. The van der Waals surface area contributed by atoms with Gasteiger partial charge in [0.05, 0.1) is 5.69 Å². The molecule has 2 nitrogen and oxygen atoms in total. The van der Waals surface area contributed by atoms with Crippen LogP contribution in [0, 0.1) is 0 Å². The number of nitrogens with one attached hydrogen (secondary N) is 1. The van der Waals surface area contributed by atoms with Crippen LogP contribution in [0.15, 0.2) is 45.5 Å². The number of rotatable bonds is 0. The molecule has 1 aromatic carbocycles. The second-order valence-corrected chi connectivity index (χ2v) is 5.17. The first-order valence-electron chi connectivity index (χ1n) is 4.50. The summed E-state index contributed by atoms with van der Waals surface area (Å²) < 4.78 is 0. The van der Waals surface area contributed by atoms with E-state index in [2.05, 4.69) is 5.32 Å². The Labute approximate surface area is 95.3 Å². The fraction of sp³-hybridized carbons (Fsp3) is 0. The number of thiophene rings is 1. The Balaban J connectivity index is 2.18. The van der Waals surface area contributed by atoms with Crippen molar-refractivity contribution in [2.45, 2.75) is 9.79 Å². The number of fused-ring (bicyclic) bond motifs is 2. The van der Waals surface area contributed by atoms with Gasteiger partial charge < -0.3 is 5.32 Å². The molecule has 0 saturated heterocycles. The summed E-state index contributed by atoms with van der Waals surface area (Å²) in [6, 6.07) is 9.85. The van der Waals surface area contributed by atoms with Gasteiger partial charge in [-0.25, -0.2) is 0 Å². The Hall–Kier alpha value is -1.26. The van der Waals surface area contributed by atoms with Crippen LogP contribution in [0.4, 0.5) is 5.69 Å². The Morgan fingerprint density at radius 2 is 1.93 bits per heavy atom. The van der Waals surface area contributed by atoms with Crippen LogP contribution in [-0.2, 0) is 0 Å². The third-order valence-electron chi connectivity index (χ3n) is 2.19. The van der Waals surface area contributed by atoms with E-state index in [9.17, 15) is 4.79 Å². The van der Waals surface area contributed by atoms with Crippen molar-refractivity contribution < 1.29 is 4.79 Å². The molecule has 1 N–H and O–H groups in total. The van der Waals surface area contributed by atoms with Gasteiger partial charge in [0.25, 0.3) is 5.91 Å². The second-order valence-electron chi connectivity index (χ2n) is 3.17. The molecule has 3 rings (SSSR count). The third kappa shape index (κ3) is 1.46. The van der Waals surface area contributed by atoms with E-state index >= 15 is 0 Å². The number of hydrogen-bond donors (Lipinski definition) is 1. The standard InChI is InChI=1S/C11H7NOS2/c13-11-10-9(5-6-14-10)15-8-4-2-1-3-7(8)12-11/h1-6H,(H,12,13). The molecule has 1 aliphatic heterocycles. The monoisotopic (exact) mass is 233 g/mol. The Bertz CT molecular complexity index is 533. The summed E-state index contributed by atoms with van der Waals surface area (Å²) in [6.07, 6.45) is 0. The molecule has 0 fully saturated rings. The van der Waals surface area contributed by atoms with Crippen molar-refractivity contribution in [3.63, 3.8) is 0 Å². The molecule has 0 unspecified atom stereocenters. The van der Waals surface area contributed by atoms with E-state index in [0.29, 0.717) is 0 Å². The van der Waals surface area contributed by atoms with Crippen molar-refractivity contribution in [3.8, 4) is 0 Å². The summed E-state index contributed by atoms with van der Waals surface area (Å²) in [6.45, 7) is 0. The van der Waals surface area contributed by atoms with Crippen LogP contribution in [-0.4, -0.2) is 5.91 Å². The molecule has 1 aromatic heterocycles. The zero-order chi connectivity index (χ0) is 10.3. The van der Waals surface area contributed by atoms with Crippen molar-refractivity contribution in [2.75, 3.05) is 5.32 Å². The molecule has 0 radical (unpaired) electrons. The van der Waals surface area contributed by atoms with E-state index < -0.39 is 0 Å². The molecule has 74 valence electrons. The molecule has 0 saturated carbocycles. The summed E-state index contributed by atoms with van der Waals surface area (Å²) in [5, 5.41) is 4.86. The molecule has 2 heterocycles. The molecule has 0 spiro atoms. The molecular weight excluding hydrogens is 226 g/mol. The minimum absolute atomic E-state index is 0.00236. The van der Waals surface area contributed by atoms with Crippen LogP contribution in [0.5, 0.6) is 0 Å². The highest BCUT2D eigenvalue weighted by atomic mass is 32.2. The van der Waals surface area contributed by atoms with Crippen LogP contribution >= 0.6 is 23.1 Å². The highest BCUT2D eigenvalue weighted by molar-refractivity contribution is 7.99. The first-order valence-corrected chi connectivity index (χ1v) is 6.20. The lowest BCUT2D eigenvalue weighted by Crippen LogP contribution is -2.09. The van der Waals surface area contributed by atoms with Crippen molar-refractivity contribution in [3.05, 3.63) is 40.6 Å². The maximum absolute atomic E-state index is 11.8. The van der Waals surface area contributed by atoms with Gasteiger partial charge in [-0.1, -0.05) is 23.9 Å². The number of para-hydroxylation sites is 1. The van der Waals surface area contributed by atoms with Gasteiger partial charge in [0.2, 0.25) is 0 Å². The van der Waals surface area contributed by atoms with Crippen LogP contribution in [0.3, 0.4) is 0 Å². The van der Waals surface area contributed by atoms with Crippen LogP contribution in [0.1, 0.15) is 9.67 Å². The summed E-state index contributed by atoms with van der Waals surface area (Å²) in [4.78, 5) is 14.8. The van der Waals surface area contributed by atoms with E-state index in [4.69, 9.17) is 0 Å². The number of carbonyl (C=O) groups is 1. The minimum atomic E-state index is -0.00236. The molecule has 0 bridgehead atoms. The summed E-state index contributed by atoms with van der Waals surface area (Å²) in [5.74, 6) is -0.00236. The zero-order valence-electron chi connectivity index (χ0n) is 7.69. The molecule has 0 aliphatic carbocycles. The molecule has 2 aromatic rings. The first kappa shape index (κ1) is 9.00. The van der Waals surface area contributed by atoms with Gasteiger partial charge in [-0.15, -0.1) is 11.3 Å². The van der Waals surface area contributed by atoms with E-state index in [-0.39, 0.29) is 5.91 Å². The fourth-order valence-corrected chi connectivity index (χ4v) is 3.47. The second kappa shape index (κ2) is 3.40. The van der Waals surface area contributed by atoms with E-state index in [1.165, 1.54) is 11.3 Å². The fourth-order valence-electron chi connectivity index (χ4n) is 1.50. The summed E-state index contributed by atoms with van der Waals surface area (Å²) in [7, 11) is 0. The Kier molecular flexibility index (Phi) is 2.04. The van der Waals surface area contributed by atoms with Gasteiger partial charge in [-0.2, -0.15) is 0 Å². The average molecular weight is 233 g/mol. The maximum atomic E-state index is 11.8. The van der Waals surface area contributed by atoms with Gasteiger partial charge in [-0.3, -0.25) is 4.79 Å². The van der Waals surface area contributed by atoms with Crippen LogP contribution in [0.2, 0.25) is 0 Å². The van der Waals surface area contributed by atoms with E-state index in [1.807, 2.05) is 35.7 Å². The molecule has 4 heteroatoms. The molecule has 1 amide bonds. The predicted molar refractivity (Wildman–Crippen MR) is 62.8 cm³/mol. The van der Waals surface area contributed by atoms with E-state index in [1.54, 1.807) is 11.8 Å². The molecule has 15 heavy (non-hydrogen) atoms. The van der Waals surface area contributed by atoms with Gasteiger partial charge >= 0.3 is 0 Å². The molecular formula is C11H7NOS2. The third-order valence-corrected chi connectivity index (χ3v) is 4.37. The first-order chi connectivity index (χ1) is 7.34. The predicted octanol–water partition coefficient (Wildman–Crippen LogP) is 3.47. The SMILES string of the molecule is O=C1Nc2ccccc2Sc2ccsc21. The number of benzene rings is 1. The average Bonchev–Trinajstić information content (AvgIpc) is 2.64. The van der Waals surface area contributed by atoms with Crippen LogP contribution in [0.25, 0.3) is 0 Å². The van der Waals surface area contributed by atoms with Crippen molar-refractivity contribution in [1.82, 2.24) is 0 Å². The van der Waals surface area contributed by atoms with Gasteiger partial charge in [0.15, 0.2) is 0 Å². The zero-order valence-corrected chi connectivity index (χ0v) is 9.32. The van der Waals surface area contributed by atoms with E-state index in [0.717, 1.165) is 20.4 Å². The van der Waals surface area contributed by atoms with Crippen molar-refractivity contribution in [1.29, 1.82) is 0 Å². The number of hydrogen-bond acceptors (Lipinski definition) is 3. The van der Waals surface area contributed by atoms with Crippen LogP contribution < -0.4 is 5.32 Å². The highest BCUT2D eigenvalue weighted by Crippen LogP contribution is 2.40. The quantitative estimate of drug-likeness (QED) is 0.755. The Morgan fingerprint density at radius 3 is 2.87 bits per heavy atom. The number of amides is 1. The molecule has 1 aliphatic rings. The Morgan fingerprint density at radius 1 is 1.07 bits per heavy atom.